The van der Waals surface area contributed by atoms with E-state index in [1.54, 1.807) is 4.90 Å². The largest absolute Gasteiger partial charge is 0.497 e. The summed E-state index contributed by atoms with van der Waals surface area (Å²) in [5.74, 6) is -1.22. The zero-order valence-corrected chi connectivity index (χ0v) is 16.1. The Kier molecular flexibility index (Phi) is 5.28. The molecule has 1 aliphatic heterocycles. The molecule has 2 aromatic carbocycles. The predicted molar refractivity (Wildman–Crippen MR) is 105 cm³/mol. The highest BCUT2D eigenvalue weighted by atomic mass is 79.9. The van der Waals surface area contributed by atoms with Gasteiger partial charge in [0, 0.05) is 34.4 Å². The minimum Gasteiger partial charge on any atom is -0.497 e. The van der Waals surface area contributed by atoms with E-state index in [1.165, 1.54) is 19.2 Å². The molecule has 26 heavy (non-hydrogen) atoms. The van der Waals surface area contributed by atoms with Crippen LogP contribution in [0.4, 0.5) is 8.78 Å². The molecule has 1 aliphatic rings. The third-order valence-electron chi connectivity index (χ3n) is 4.29. The Morgan fingerprint density at radius 1 is 1.12 bits per heavy atom. The minimum absolute atomic E-state index is 0.0936. The molecule has 0 spiro atoms. The number of methoxy groups -OCH3 is 1. The van der Waals surface area contributed by atoms with Crippen molar-refractivity contribution in [3.63, 3.8) is 0 Å². The van der Waals surface area contributed by atoms with Crippen LogP contribution in [0.2, 0.25) is 0 Å². The van der Waals surface area contributed by atoms with E-state index in [2.05, 4.69) is 22.5 Å². The van der Waals surface area contributed by atoms with Gasteiger partial charge in [-0.3, -0.25) is 0 Å². The standard InChI is InChI=1S/C21H18BrF2NO/c1-4-25-13(2)17(22)12-16(14-8-6-5-7-9-14)21(25)20-18(23)10-15(26-3)11-19(20)24/h5-12H,2,4H2,1,3H3. The van der Waals surface area contributed by atoms with E-state index in [0.29, 0.717) is 17.9 Å². The fourth-order valence-electron chi connectivity index (χ4n) is 3.04. The molecule has 0 saturated heterocycles. The van der Waals surface area contributed by atoms with Gasteiger partial charge < -0.3 is 9.64 Å². The van der Waals surface area contributed by atoms with Crippen molar-refractivity contribution in [3.05, 3.63) is 88.1 Å². The number of halogens is 3. The highest BCUT2D eigenvalue weighted by molar-refractivity contribution is 9.12. The van der Waals surface area contributed by atoms with Gasteiger partial charge in [0.1, 0.15) is 17.4 Å². The molecule has 2 nitrogen and oxygen atoms in total. The van der Waals surface area contributed by atoms with Crippen LogP contribution in [-0.2, 0) is 0 Å². The predicted octanol–water partition coefficient (Wildman–Crippen LogP) is 5.97. The van der Waals surface area contributed by atoms with E-state index >= 15 is 0 Å². The number of ether oxygens (including phenoxy) is 1. The second-order valence-electron chi connectivity index (χ2n) is 5.78. The van der Waals surface area contributed by atoms with Crippen molar-refractivity contribution in [2.75, 3.05) is 13.7 Å². The Balaban J connectivity index is 2.36. The Bertz CT molecular complexity index is 896. The molecule has 134 valence electrons. The number of allylic oxidation sites excluding steroid dienone is 3. The van der Waals surface area contributed by atoms with Crippen molar-refractivity contribution in [3.8, 4) is 5.75 Å². The summed E-state index contributed by atoms with van der Waals surface area (Å²) >= 11 is 3.51. The molecule has 0 fully saturated rings. The summed E-state index contributed by atoms with van der Waals surface area (Å²) in [4.78, 5) is 1.81. The fourth-order valence-corrected chi connectivity index (χ4v) is 3.48. The van der Waals surface area contributed by atoms with Crippen molar-refractivity contribution in [1.82, 2.24) is 4.90 Å². The first-order valence-electron chi connectivity index (χ1n) is 8.15. The number of hydrogen-bond acceptors (Lipinski definition) is 2. The average molecular weight is 418 g/mol. The van der Waals surface area contributed by atoms with Crippen LogP contribution in [0.1, 0.15) is 18.1 Å². The molecular formula is C21H18BrF2NO. The van der Waals surface area contributed by atoms with Crippen molar-refractivity contribution in [2.45, 2.75) is 6.92 Å². The summed E-state index contributed by atoms with van der Waals surface area (Å²) in [6, 6.07) is 11.9. The molecule has 3 rings (SSSR count). The van der Waals surface area contributed by atoms with E-state index in [-0.39, 0.29) is 11.3 Å². The van der Waals surface area contributed by atoms with E-state index in [9.17, 15) is 8.78 Å². The number of benzene rings is 2. The molecule has 0 N–H and O–H groups in total. The van der Waals surface area contributed by atoms with Crippen LogP contribution in [0.5, 0.6) is 5.75 Å². The monoisotopic (exact) mass is 417 g/mol. The van der Waals surface area contributed by atoms with Crippen molar-refractivity contribution in [2.24, 2.45) is 0 Å². The first kappa shape index (κ1) is 18.4. The van der Waals surface area contributed by atoms with Gasteiger partial charge in [0.15, 0.2) is 0 Å². The normalized spacial score (nSPS) is 14.6. The molecule has 0 aromatic heterocycles. The van der Waals surface area contributed by atoms with Crippen LogP contribution in [0.25, 0.3) is 11.3 Å². The Morgan fingerprint density at radius 3 is 2.27 bits per heavy atom. The molecule has 0 aliphatic carbocycles. The van der Waals surface area contributed by atoms with Gasteiger partial charge >= 0.3 is 0 Å². The van der Waals surface area contributed by atoms with Crippen molar-refractivity contribution < 1.29 is 13.5 Å². The molecule has 0 atom stereocenters. The van der Waals surface area contributed by atoms with Gasteiger partial charge in [-0.05, 0) is 34.5 Å². The number of nitrogens with zero attached hydrogens (tertiary/aromatic N) is 1. The molecule has 0 saturated carbocycles. The summed E-state index contributed by atoms with van der Waals surface area (Å²) in [5.41, 5.74) is 2.58. The fraction of sp³-hybridized carbons (Fsp3) is 0.143. The van der Waals surface area contributed by atoms with Crippen molar-refractivity contribution in [1.29, 1.82) is 0 Å². The van der Waals surface area contributed by atoms with E-state index in [0.717, 1.165) is 15.6 Å². The number of hydrogen-bond donors (Lipinski definition) is 0. The highest BCUT2D eigenvalue weighted by Crippen LogP contribution is 2.42. The van der Waals surface area contributed by atoms with Crippen LogP contribution in [-0.4, -0.2) is 18.6 Å². The van der Waals surface area contributed by atoms with Crippen molar-refractivity contribution >= 4 is 27.2 Å². The van der Waals surface area contributed by atoms with Crippen LogP contribution in [0.3, 0.4) is 0 Å². The topological polar surface area (TPSA) is 12.5 Å². The van der Waals surface area contributed by atoms with Gasteiger partial charge in [0.05, 0.1) is 18.4 Å². The molecule has 1 heterocycles. The third kappa shape index (κ3) is 3.19. The second-order valence-corrected chi connectivity index (χ2v) is 6.63. The van der Waals surface area contributed by atoms with E-state index in [1.807, 2.05) is 43.3 Å². The molecule has 0 amide bonds. The zero-order valence-electron chi connectivity index (χ0n) is 14.5. The average Bonchev–Trinajstić information content (AvgIpc) is 2.64. The second kappa shape index (κ2) is 7.46. The summed E-state index contributed by atoms with van der Waals surface area (Å²) in [7, 11) is 1.38. The summed E-state index contributed by atoms with van der Waals surface area (Å²) < 4.78 is 35.5. The summed E-state index contributed by atoms with van der Waals surface area (Å²) in [5, 5.41) is 0. The Hall–Kier alpha value is -2.40. The van der Waals surface area contributed by atoms with Crippen LogP contribution < -0.4 is 4.74 Å². The number of likely N-dealkylation sites (N-methyl/N-ethyl adjacent to an activating group) is 1. The van der Waals surface area contributed by atoms with Crippen LogP contribution in [0, 0.1) is 11.6 Å². The van der Waals surface area contributed by atoms with Crippen LogP contribution in [0.15, 0.2) is 65.3 Å². The Morgan fingerprint density at radius 2 is 1.73 bits per heavy atom. The molecule has 0 radical (unpaired) electrons. The molecule has 0 unspecified atom stereocenters. The Labute approximate surface area is 160 Å². The first-order valence-corrected chi connectivity index (χ1v) is 8.94. The summed E-state index contributed by atoms with van der Waals surface area (Å²) in [6.45, 7) is 6.48. The smallest absolute Gasteiger partial charge is 0.139 e. The SMILES string of the molecule is C=C1C(Br)=CC(c2ccccc2)=C(c2c(F)cc(OC)cc2F)N1CC. The molecule has 2 aromatic rings. The lowest BCUT2D eigenvalue weighted by Gasteiger charge is -2.34. The molecule has 5 heteroatoms. The van der Waals surface area contributed by atoms with Gasteiger partial charge in [-0.2, -0.15) is 0 Å². The zero-order chi connectivity index (χ0) is 18.8. The maximum atomic E-state index is 14.9. The van der Waals surface area contributed by atoms with Gasteiger partial charge in [0.25, 0.3) is 0 Å². The lowest BCUT2D eigenvalue weighted by atomic mass is 9.94. The quantitative estimate of drug-likeness (QED) is 0.607. The molecular weight excluding hydrogens is 400 g/mol. The lowest BCUT2D eigenvalue weighted by Crippen LogP contribution is -2.25. The minimum atomic E-state index is -0.678. The maximum Gasteiger partial charge on any atom is 0.139 e. The number of rotatable bonds is 4. The summed E-state index contributed by atoms with van der Waals surface area (Å²) in [6.07, 6.45) is 1.85. The van der Waals surface area contributed by atoms with Gasteiger partial charge in [-0.1, -0.05) is 36.9 Å². The lowest BCUT2D eigenvalue weighted by molar-refractivity contribution is 0.405. The third-order valence-corrected chi connectivity index (χ3v) is 4.97. The first-order chi connectivity index (χ1) is 12.5. The maximum absolute atomic E-state index is 14.9. The molecule has 0 bridgehead atoms. The van der Waals surface area contributed by atoms with Crippen LogP contribution >= 0.6 is 15.9 Å². The van der Waals surface area contributed by atoms with E-state index < -0.39 is 11.6 Å². The van der Waals surface area contributed by atoms with E-state index in [4.69, 9.17) is 4.74 Å². The van der Waals surface area contributed by atoms with Gasteiger partial charge in [0.2, 0.25) is 0 Å². The highest BCUT2D eigenvalue weighted by Gasteiger charge is 2.29. The van der Waals surface area contributed by atoms with Gasteiger partial charge in [-0.25, -0.2) is 8.78 Å². The van der Waals surface area contributed by atoms with Gasteiger partial charge in [-0.15, -0.1) is 0 Å².